The summed E-state index contributed by atoms with van der Waals surface area (Å²) in [5.41, 5.74) is 0.675. The Kier molecular flexibility index (Phi) is 4.11. The first-order valence-corrected chi connectivity index (χ1v) is 6.39. The van der Waals surface area contributed by atoms with Gasteiger partial charge in [-0.3, -0.25) is 0 Å². The zero-order chi connectivity index (χ0) is 12.3. The molecule has 0 amide bonds. The summed E-state index contributed by atoms with van der Waals surface area (Å²) in [7, 11) is 0. The summed E-state index contributed by atoms with van der Waals surface area (Å²) in [6, 6.07) is 4.42. The van der Waals surface area contributed by atoms with Crippen LogP contribution >= 0.6 is 0 Å². The number of hydrogen-bond acceptors (Lipinski definition) is 1. The van der Waals surface area contributed by atoms with Crippen molar-refractivity contribution in [2.24, 2.45) is 0 Å². The van der Waals surface area contributed by atoms with E-state index in [1.54, 1.807) is 6.07 Å². The highest BCUT2D eigenvalue weighted by Gasteiger charge is 2.24. The molecule has 0 aromatic heterocycles. The fraction of sp³-hybridized carbons (Fsp3) is 0.571. The summed E-state index contributed by atoms with van der Waals surface area (Å²) in [6.45, 7) is 3.03. The molecule has 94 valence electrons. The predicted molar refractivity (Wildman–Crippen MR) is 65.0 cm³/mol. The van der Waals surface area contributed by atoms with E-state index in [4.69, 9.17) is 0 Å². The molecule has 1 aliphatic carbocycles. The molecule has 0 aliphatic heterocycles. The normalized spacial score (nSPS) is 24.9. The fourth-order valence-electron chi connectivity index (χ4n) is 2.78. The highest BCUT2D eigenvalue weighted by molar-refractivity contribution is 5.23. The van der Waals surface area contributed by atoms with Crippen molar-refractivity contribution >= 4 is 0 Å². The summed E-state index contributed by atoms with van der Waals surface area (Å²) in [4.78, 5) is 0. The second-order valence-corrected chi connectivity index (χ2v) is 4.78. The Hall–Kier alpha value is -0.960. The Labute approximate surface area is 101 Å². The molecule has 2 unspecified atom stereocenters. The zero-order valence-electron chi connectivity index (χ0n) is 10.2. The molecule has 3 heteroatoms. The summed E-state index contributed by atoms with van der Waals surface area (Å²) in [5.74, 6) is -0.661. The van der Waals surface area contributed by atoms with E-state index in [9.17, 15) is 8.78 Å². The van der Waals surface area contributed by atoms with Crippen LogP contribution < -0.4 is 5.32 Å². The zero-order valence-corrected chi connectivity index (χ0v) is 10.2. The Morgan fingerprint density at radius 2 is 2.12 bits per heavy atom. The lowest BCUT2D eigenvalue weighted by atomic mass is 9.81. The molecule has 1 nitrogen and oxygen atoms in total. The maximum Gasteiger partial charge on any atom is 0.129 e. The van der Waals surface area contributed by atoms with Crippen LogP contribution in [0.5, 0.6) is 0 Å². The Morgan fingerprint density at radius 3 is 2.82 bits per heavy atom. The average molecular weight is 239 g/mol. The van der Waals surface area contributed by atoms with Crippen LogP contribution in [0.3, 0.4) is 0 Å². The van der Waals surface area contributed by atoms with Gasteiger partial charge in [0.2, 0.25) is 0 Å². The number of halogens is 2. The van der Waals surface area contributed by atoms with Crippen LogP contribution in [-0.4, -0.2) is 12.6 Å². The van der Waals surface area contributed by atoms with Gasteiger partial charge in [-0.05, 0) is 43.4 Å². The van der Waals surface area contributed by atoms with Gasteiger partial charge in [-0.25, -0.2) is 8.78 Å². The van der Waals surface area contributed by atoms with Gasteiger partial charge in [0.05, 0.1) is 0 Å². The van der Waals surface area contributed by atoms with Crippen molar-refractivity contribution < 1.29 is 8.78 Å². The van der Waals surface area contributed by atoms with E-state index in [1.807, 2.05) is 0 Å². The third-order valence-corrected chi connectivity index (χ3v) is 3.57. The summed E-state index contributed by atoms with van der Waals surface area (Å²) in [6.07, 6.45) is 4.23. The van der Waals surface area contributed by atoms with Crippen LogP contribution in [-0.2, 0) is 0 Å². The number of hydrogen-bond donors (Lipinski definition) is 1. The van der Waals surface area contributed by atoms with E-state index in [1.165, 1.54) is 6.07 Å². The predicted octanol–water partition coefficient (Wildman–Crippen LogP) is 3.60. The minimum absolute atomic E-state index is 0.230. The molecular formula is C14H19F2N. The van der Waals surface area contributed by atoms with E-state index >= 15 is 0 Å². The number of benzene rings is 1. The molecule has 2 atom stereocenters. The van der Waals surface area contributed by atoms with E-state index < -0.39 is 11.6 Å². The Bertz CT molecular complexity index is 376. The quantitative estimate of drug-likeness (QED) is 0.849. The fourth-order valence-corrected chi connectivity index (χ4v) is 2.78. The van der Waals surface area contributed by atoms with Crippen LogP contribution in [0.1, 0.15) is 44.1 Å². The number of rotatable bonds is 3. The van der Waals surface area contributed by atoms with E-state index in [2.05, 4.69) is 12.2 Å². The first kappa shape index (κ1) is 12.5. The smallest absolute Gasteiger partial charge is 0.129 e. The SMILES string of the molecule is CCNC1CCCC(c2ccc(F)cc2F)C1. The highest BCUT2D eigenvalue weighted by atomic mass is 19.1. The van der Waals surface area contributed by atoms with Crippen molar-refractivity contribution in [3.8, 4) is 0 Å². The molecule has 1 aliphatic rings. The first-order valence-electron chi connectivity index (χ1n) is 6.39. The van der Waals surface area contributed by atoms with E-state index in [-0.39, 0.29) is 5.92 Å². The van der Waals surface area contributed by atoms with Gasteiger partial charge in [0.25, 0.3) is 0 Å². The van der Waals surface area contributed by atoms with Crippen molar-refractivity contribution in [1.82, 2.24) is 5.32 Å². The molecule has 0 spiro atoms. The molecular weight excluding hydrogens is 220 g/mol. The summed E-state index contributed by atoms with van der Waals surface area (Å²) >= 11 is 0. The van der Waals surface area contributed by atoms with Crippen LogP contribution in [0.2, 0.25) is 0 Å². The third kappa shape index (κ3) is 3.03. The van der Waals surface area contributed by atoms with E-state index in [0.29, 0.717) is 11.6 Å². The maximum absolute atomic E-state index is 13.7. The molecule has 1 fully saturated rings. The number of nitrogens with one attached hydrogen (secondary N) is 1. The van der Waals surface area contributed by atoms with E-state index in [0.717, 1.165) is 38.3 Å². The molecule has 1 aromatic rings. The van der Waals surface area contributed by atoms with Gasteiger partial charge in [-0.2, -0.15) is 0 Å². The average Bonchev–Trinajstić information content (AvgIpc) is 2.29. The highest BCUT2D eigenvalue weighted by Crippen LogP contribution is 2.34. The lowest BCUT2D eigenvalue weighted by Gasteiger charge is -2.30. The van der Waals surface area contributed by atoms with Gasteiger partial charge < -0.3 is 5.32 Å². The van der Waals surface area contributed by atoms with Crippen molar-refractivity contribution in [2.45, 2.75) is 44.6 Å². The largest absolute Gasteiger partial charge is 0.314 e. The van der Waals surface area contributed by atoms with Gasteiger partial charge in [0, 0.05) is 12.1 Å². The lowest BCUT2D eigenvalue weighted by molar-refractivity contribution is 0.338. The van der Waals surface area contributed by atoms with Crippen molar-refractivity contribution in [3.63, 3.8) is 0 Å². The monoisotopic (exact) mass is 239 g/mol. The molecule has 1 saturated carbocycles. The molecule has 2 rings (SSSR count). The van der Waals surface area contributed by atoms with Crippen molar-refractivity contribution in [2.75, 3.05) is 6.54 Å². The summed E-state index contributed by atoms with van der Waals surface area (Å²) < 4.78 is 26.5. The second-order valence-electron chi connectivity index (χ2n) is 4.78. The molecule has 0 heterocycles. The molecule has 1 aromatic carbocycles. The van der Waals surface area contributed by atoms with Crippen LogP contribution in [0.15, 0.2) is 18.2 Å². The van der Waals surface area contributed by atoms with Crippen molar-refractivity contribution in [3.05, 3.63) is 35.4 Å². The van der Waals surface area contributed by atoms with Gasteiger partial charge >= 0.3 is 0 Å². The molecule has 0 radical (unpaired) electrons. The molecule has 0 saturated heterocycles. The van der Waals surface area contributed by atoms with Crippen LogP contribution in [0, 0.1) is 11.6 Å². The van der Waals surface area contributed by atoms with Gasteiger partial charge in [0.1, 0.15) is 11.6 Å². The minimum Gasteiger partial charge on any atom is -0.314 e. The van der Waals surface area contributed by atoms with Gasteiger partial charge in [-0.15, -0.1) is 0 Å². The topological polar surface area (TPSA) is 12.0 Å². The van der Waals surface area contributed by atoms with Crippen molar-refractivity contribution in [1.29, 1.82) is 0 Å². The molecule has 17 heavy (non-hydrogen) atoms. The Balaban J connectivity index is 2.10. The maximum atomic E-state index is 13.7. The van der Waals surface area contributed by atoms with Gasteiger partial charge in [0.15, 0.2) is 0 Å². The molecule has 1 N–H and O–H groups in total. The second kappa shape index (κ2) is 5.58. The first-order chi connectivity index (χ1) is 8.20. The van der Waals surface area contributed by atoms with Crippen LogP contribution in [0.25, 0.3) is 0 Å². The Morgan fingerprint density at radius 1 is 1.29 bits per heavy atom. The lowest BCUT2D eigenvalue weighted by Crippen LogP contribution is -2.33. The summed E-state index contributed by atoms with van der Waals surface area (Å²) in [5, 5.41) is 3.42. The minimum atomic E-state index is -0.495. The third-order valence-electron chi connectivity index (χ3n) is 3.57. The van der Waals surface area contributed by atoms with Gasteiger partial charge in [-0.1, -0.05) is 19.4 Å². The molecule has 0 bridgehead atoms. The van der Waals surface area contributed by atoms with Crippen LogP contribution in [0.4, 0.5) is 8.78 Å². The standard InChI is InChI=1S/C14H19F2N/c1-2-17-12-5-3-4-10(8-12)13-7-6-11(15)9-14(13)16/h6-7,9-10,12,17H,2-5,8H2,1H3.